The molecule has 1 aliphatic rings. The zero-order valence-electron chi connectivity index (χ0n) is 13.7. The zero-order chi connectivity index (χ0) is 17.9. The highest BCUT2D eigenvalue weighted by molar-refractivity contribution is 7.89. The molecule has 2 aromatic rings. The van der Waals surface area contributed by atoms with E-state index in [4.69, 9.17) is 11.6 Å². The minimum atomic E-state index is -3.76. The summed E-state index contributed by atoms with van der Waals surface area (Å²) in [6, 6.07) is 13.2. The molecule has 134 valence electrons. The van der Waals surface area contributed by atoms with E-state index < -0.39 is 15.8 Å². The Morgan fingerprint density at radius 2 is 1.80 bits per heavy atom. The van der Waals surface area contributed by atoms with Gasteiger partial charge in [0.15, 0.2) is 0 Å². The SMILES string of the molecule is O=S(=O)(NCC(c1ccccc1)N1CCCC1)c1ccc(F)c(Cl)c1. The van der Waals surface area contributed by atoms with Gasteiger partial charge in [0.05, 0.1) is 9.92 Å². The van der Waals surface area contributed by atoms with Gasteiger partial charge in [-0.15, -0.1) is 0 Å². The molecule has 1 N–H and O–H groups in total. The molecule has 7 heteroatoms. The third-order valence-electron chi connectivity index (χ3n) is 4.43. The van der Waals surface area contributed by atoms with Crippen LogP contribution in [0.25, 0.3) is 0 Å². The Morgan fingerprint density at radius 1 is 1.12 bits per heavy atom. The van der Waals surface area contributed by atoms with Crippen molar-refractivity contribution >= 4 is 21.6 Å². The van der Waals surface area contributed by atoms with Crippen molar-refractivity contribution in [1.82, 2.24) is 9.62 Å². The van der Waals surface area contributed by atoms with E-state index in [2.05, 4.69) is 9.62 Å². The van der Waals surface area contributed by atoms with Gasteiger partial charge in [0, 0.05) is 12.6 Å². The van der Waals surface area contributed by atoms with Crippen LogP contribution in [0.15, 0.2) is 53.4 Å². The molecule has 1 fully saturated rings. The van der Waals surface area contributed by atoms with Crippen molar-refractivity contribution in [2.75, 3.05) is 19.6 Å². The number of hydrogen-bond donors (Lipinski definition) is 1. The van der Waals surface area contributed by atoms with Gasteiger partial charge in [-0.05, 0) is 49.7 Å². The second-order valence-electron chi connectivity index (χ2n) is 6.10. The standard InChI is InChI=1S/C18H20ClFN2O2S/c19-16-12-15(8-9-17(16)20)25(23,24)21-13-18(22-10-4-5-11-22)14-6-2-1-3-7-14/h1-3,6-9,12,18,21H,4-5,10-11,13H2. The second kappa shape index (κ2) is 7.83. The summed E-state index contributed by atoms with van der Waals surface area (Å²) in [6.07, 6.45) is 2.23. The van der Waals surface area contributed by atoms with Crippen molar-refractivity contribution < 1.29 is 12.8 Å². The maximum atomic E-state index is 13.3. The fraction of sp³-hybridized carbons (Fsp3) is 0.333. The van der Waals surface area contributed by atoms with Gasteiger partial charge >= 0.3 is 0 Å². The lowest BCUT2D eigenvalue weighted by atomic mass is 10.1. The molecule has 3 rings (SSSR count). The van der Waals surface area contributed by atoms with E-state index in [1.54, 1.807) is 0 Å². The van der Waals surface area contributed by atoms with Crippen molar-refractivity contribution in [3.63, 3.8) is 0 Å². The lowest BCUT2D eigenvalue weighted by Gasteiger charge is -2.28. The number of nitrogens with one attached hydrogen (secondary N) is 1. The normalized spacial score (nSPS) is 16.9. The average molecular weight is 383 g/mol. The maximum Gasteiger partial charge on any atom is 0.240 e. The molecular formula is C18H20ClFN2O2S. The molecule has 0 saturated carbocycles. The van der Waals surface area contributed by atoms with Gasteiger partial charge in [-0.25, -0.2) is 17.5 Å². The molecule has 1 unspecified atom stereocenters. The van der Waals surface area contributed by atoms with Gasteiger partial charge < -0.3 is 0 Å². The minimum Gasteiger partial charge on any atom is -0.295 e. The fourth-order valence-corrected chi connectivity index (χ4v) is 4.41. The summed E-state index contributed by atoms with van der Waals surface area (Å²) >= 11 is 5.71. The molecule has 25 heavy (non-hydrogen) atoms. The minimum absolute atomic E-state index is 0.0330. The van der Waals surface area contributed by atoms with Crippen LogP contribution in [0.2, 0.25) is 5.02 Å². The van der Waals surface area contributed by atoms with E-state index in [9.17, 15) is 12.8 Å². The molecule has 2 aromatic carbocycles. The first-order chi connectivity index (χ1) is 12.0. The van der Waals surface area contributed by atoms with Gasteiger partial charge in [-0.2, -0.15) is 0 Å². The van der Waals surface area contributed by atoms with Crippen LogP contribution in [-0.2, 0) is 10.0 Å². The molecule has 0 aliphatic carbocycles. The molecule has 0 amide bonds. The molecular weight excluding hydrogens is 363 g/mol. The predicted octanol–water partition coefficient (Wildman–Crippen LogP) is 3.59. The summed E-state index contributed by atoms with van der Waals surface area (Å²) in [7, 11) is -3.76. The van der Waals surface area contributed by atoms with E-state index >= 15 is 0 Å². The molecule has 0 bridgehead atoms. The number of benzene rings is 2. The van der Waals surface area contributed by atoms with E-state index in [0.717, 1.165) is 43.6 Å². The predicted molar refractivity (Wildman–Crippen MR) is 96.6 cm³/mol. The van der Waals surface area contributed by atoms with Crippen LogP contribution >= 0.6 is 11.6 Å². The van der Waals surface area contributed by atoms with Crippen molar-refractivity contribution in [1.29, 1.82) is 0 Å². The van der Waals surface area contributed by atoms with Crippen LogP contribution < -0.4 is 4.72 Å². The van der Waals surface area contributed by atoms with Crippen LogP contribution in [0.3, 0.4) is 0 Å². The highest BCUT2D eigenvalue weighted by atomic mass is 35.5. The van der Waals surface area contributed by atoms with E-state index in [-0.39, 0.29) is 22.5 Å². The third-order valence-corrected chi connectivity index (χ3v) is 6.14. The Balaban J connectivity index is 1.79. The summed E-state index contributed by atoms with van der Waals surface area (Å²) < 4.78 is 41.0. The zero-order valence-corrected chi connectivity index (χ0v) is 15.2. The number of halogens is 2. The molecule has 0 radical (unpaired) electrons. The Kier molecular flexibility index (Phi) is 5.74. The first kappa shape index (κ1) is 18.3. The van der Waals surface area contributed by atoms with E-state index in [0.29, 0.717) is 0 Å². The van der Waals surface area contributed by atoms with Gasteiger partial charge in [-0.1, -0.05) is 41.9 Å². The largest absolute Gasteiger partial charge is 0.295 e. The number of nitrogens with zero attached hydrogens (tertiary/aromatic N) is 1. The maximum absolute atomic E-state index is 13.3. The van der Waals surface area contributed by atoms with Crippen molar-refractivity contribution in [2.24, 2.45) is 0 Å². The van der Waals surface area contributed by atoms with Crippen molar-refractivity contribution in [3.05, 3.63) is 64.9 Å². The topological polar surface area (TPSA) is 49.4 Å². The quantitative estimate of drug-likeness (QED) is 0.830. The summed E-state index contributed by atoms with van der Waals surface area (Å²) in [4.78, 5) is 2.25. The fourth-order valence-electron chi connectivity index (χ4n) is 3.10. The molecule has 1 saturated heterocycles. The monoisotopic (exact) mass is 382 g/mol. The number of hydrogen-bond acceptors (Lipinski definition) is 3. The number of sulfonamides is 1. The Bertz CT molecular complexity index is 824. The lowest BCUT2D eigenvalue weighted by molar-refractivity contribution is 0.246. The highest BCUT2D eigenvalue weighted by Gasteiger charge is 2.25. The van der Waals surface area contributed by atoms with E-state index in [1.165, 1.54) is 6.07 Å². The summed E-state index contributed by atoms with van der Waals surface area (Å²) in [5.74, 6) is -0.639. The molecule has 1 heterocycles. The van der Waals surface area contributed by atoms with Crippen LogP contribution in [0.5, 0.6) is 0 Å². The lowest BCUT2D eigenvalue weighted by Crippen LogP contribution is -2.36. The Labute approximate surface area is 152 Å². The molecule has 4 nitrogen and oxygen atoms in total. The number of likely N-dealkylation sites (tertiary alicyclic amines) is 1. The molecule has 1 atom stereocenters. The third kappa shape index (κ3) is 4.39. The summed E-state index contributed by atoms with van der Waals surface area (Å²) in [5, 5.41) is -0.206. The first-order valence-electron chi connectivity index (χ1n) is 8.21. The Morgan fingerprint density at radius 3 is 2.44 bits per heavy atom. The van der Waals surface area contributed by atoms with Gasteiger partial charge in [0.1, 0.15) is 5.82 Å². The van der Waals surface area contributed by atoms with Crippen LogP contribution in [0.4, 0.5) is 4.39 Å². The molecule has 0 aromatic heterocycles. The van der Waals surface area contributed by atoms with Gasteiger partial charge in [0.2, 0.25) is 10.0 Å². The Hall–Kier alpha value is -1.47. The first-order valence-corrected chi connectivity index (χ1v) is 10.1. The second-order valence-corrected chi connectivity index (χ2v) is 8.27. The average Bonchev–Trinajstić information content (AvgIpc) is 3.12. The van der Waals surface area contributed by atoms with Crippen LogP contribution in [-0.4, -0.2) is 33.0 Å². The molecule has 0 spiro atoms. The van der Waals surface area contributed by atoms with Gasteiger partial charge in [0.25, 0.3) is 0 Å². The van der Waals surface area contributed by atoms with Crippen LogP contribution in [0, 0.1) is 5.82 Å². The number of rotatable bonds is 6. The van der Waals surface area contributed by atoms with Crippen molar-refractivity contribution in [3.8, 4) is 0 Å². The molecule has 1 aliphatic heterocycles. The highest BCUT2D eigenvalue weighted by Crippen LogP contribution is 2.25. The van der Waals surface area contributed by atoms with Crippen molar-refractivity contribution in [2.45, 2.75) is 23.8 Å². The summed E-state index contributed by atoms with van der Waals surface area (Å²) in [5.41, 5.74) is 1.07. The smallest absolute Gasteiger partial charge is 0.240 e. The van der Waals surface area contributed by atoms with E-state index in [1.807, 2.05) is 30.3 Å². The van der Waals surface area contributed by atoms with Gasteiger partial charge in [-0.3, -0.25) is 4.90 Å². The summed E-state index contributed by atoms with van der Waals surface area (Å²) in [6.45, 7) is 2.15. The van der Waals surface area contributed by atoms with Crippen LogP contribution in [0.1, 0.15) is 24.4 Å².